The van der Waals surface area contributed by atoms with Crippen molar-refractivity contribution >= 4 is 21.9 Å². The van der Waals surface area contributed by atoms with Crippen LogP contribution >= 0.6 is 15.9 Å². The Morgan fingerprint density at radius 3 is 2.16 bits per heavy atom. The van der Waals surface area contributed by atoms with Crippen molar-refractivity contribution < 1.29 is 23.1 Å². The molecule has 1 heterocycles. The molecule has 0 radical (unpaired) electrons. The van der Waals surface area contributed by atoms with Gasteiger partial charge in [-0.1, -0.05) is 45.4 Å². The highest BCUT2D eigenvalue weighted by atomic mass is 79.9. The summed E-state index contributed by atoms with van der Waals surface area (Å²) in [7, 11) is 0. The molecule has 31 heavy (non-hydrogen) atoms. The molecule has 0 fully saturated rings. The van der Waals surface area contributed by atoms with Crippen molar-refractivity contribution in [3.05, 3.63) is 88.5 Å². The van der Waals surface area contributed by atoms with Crippen LogP contribution in [-0.4, -0.2) is 26.1 Å². The van der Waals surface area contributed by atoms with Crippen molar-refractivity contribution in [1.82, 2.24) is 15.0 Å². The molecule has 0 atom stereocenters. The molecule has 0 amide bonds. The minimum Gasteiger partial charge on any atom is -0.478 e. The number of aromatic carboxylic acids is 1. The van der Waals surface area contributed by atoms with Gasteiger partial charge in [-0.2, -0.15) is 13.2 Å². The molecule has 0 saturated carbocycles. The number of halogens is 4. The van der Waals surface area contributed by atoms with E-state index in [9.17, 15) is 23.1 Å². The van der Waals surface area contributed by atoms with Gasteiger partial charge >= 0.3 is 12.1 Å². The Kier molecular flexibility index (Phi) is 5.36. The summed E-state index contributed by atoms with van der Waals surface area (Å²) in [6.45, 7) is 0. The van der Waals surface area contributed by atoms with E-state index in [2.05, 4.69) is 26.2 Å². The molecule has 156 valence electrons. The first-order valence-corrected chi connectivity index (χ1v) is 9.75. The highest BCUT2D eigenvalue weighted by Gasteiger charge is 2.30. The zero-order chi connectivity index (χ0) is 22.2. The Balaban J connectivity index is 1.72. The molecule has 9 heteroatoms. The molecule has 0 bridgehead atoms. The molecule has 0 spiro atoms. The lowest BCUT2D eigenvalue weighted by Crippen LogP contribution is -2.03. The van der Waals surface area contributed by atoms with E-state index in [1.165, 1.54) is 29.1 Å². The number of nitrogens with zero attached hydrogens (tertiary/aromatic N) is 3. The third-order valence-corrected chi connectivity index (χ3v) is 5.14. The standard InChI is InChI=1S/C22H13BrF3N3O2/c23-18-7-3-13(4-8-18)15-9-16(21(30)31)11-19(10-15)29-12-20(27-28-29)14-1-5-17(6-2-14)22(24,25)26/h1-12H,(H,30,31). The van der Waals surface area contributed by atoms with Crippen molar-refractivity contribution in [2.45, 2.75) is 6.18 Å². The van der Waals surface area contributed by atoms with Crippen molar-refractivity contribution in [2.24, 2.45) is 0 Å². The average molecular weight is 488 g/mol. The predicted octanol–water partition coefficient (Wildman–Crippen LogP) is 6.08. The van der Waals surface area contributed by atoms with E-state index in [-0.39, 0.29) is 5.56 Å². The first-order valence-electron chi connectivity index (χ1n) is 8.95. The smallest absolute Gasteiger partial charge is 0.416 e. The zero-order valence-corrected chi connectivity index (χ0v) is 17.2. The molecule has 4 rings (SSSR count). The molecule has 5 nitrogen and oxygen atoms in total. The van der Waals surface area contributed by atoms with Gasteiger partial charge in [-0.25, -0.2) is 9.48 Å². The van der Waals surface area contributed by atoms with Crippen LogP contribution in [0.3, 0.4) is 0 Å². The normalized spacial score (nSPS) is 11.5. The Bertz CT molecular complexity index is 1250. The highest BCUT2D eigenvalue weighted by Crippen LogP contribution is 2.31. The van der Waals surface area contributed by atoms with E-state index in [1.807, 2.05) is 24.3 Å². The summed E-state index contributed by atoms with van der Waals surface area (Å²) >= 11 is 3.37. The number of benzene rings is 3. The Hall–Kier alpha value is -3.46. The molecule has 0 aliphatic rings. The van der Waals surface area contributed by atoms with Gasteiger partial charge in [0.1, 0.15) is 5.69 Å². The van der Waals surface area contributed by atoms with Crippen molar-refractivity contribution in [1.29, 1.82) is 0 Å². The van der Waals surface area contributed by atoms with Crippen LogP contribution in [0, 0.1) is 0 Å². The molecular weight excluding hydrogens is 475 g/mol. The van der Waals surface area contributed by atoms with Crippen LogP contribution < -0.4 is 0 Å². The van der Waals surface area contributed by atoms with Gasteiger partial charge in [0.25, 0.3) is 0 Å². The summed E-state index contributed by atoms with van der Waals surface area (Å²) in [5.74, 6) is -1.09. The summed E-state index contributed by atoms with van der Waals surface area (Å²) in [5.41, 5.74) is 2.09. The molecule has 3 aromatic carbocycles. The molecule has 1 N–H and O–H groups in total. The van der Waals surface area contributed by atoms with Crippen molar-refractivity contribution in [2.75, 3.05) is 0 Å². The van der Waals surface area contributed by atoms with E-state index in [0.717, 1.165) is 22.2 Å². The Morgan fingerprint density at radius 2 is 1.55 bits per heavy atom. The topological polar surface area (TPSA) is 68.0 Å². The van der Waals surface area contributed by atoms with Crippen molar-refractivity contribution in [3.8, 4) is 28.1 Å². The third-order valence-electron chi connectivity index (χ3n) is 4.61. The van der Waals surface area contributed by atoms with Crippen LogP contribution in [0.5, 0.6) is 0 Å². The molecule has 0 saturated heterocycles. The van der Waals surface area contributed by atoms with Gasteiger partial charge in [-0.05, 0) is 53.6 Å². The quantitative estimate of drug-likeness (QED) is 0.378. The van der Waals surface area contributed by atoms with Crippen LogP contribution in [0.25, 0.3) is 28.1 Å². The summed E-state index contributed by atoms with van der Waals surface area (Å²) in [5, 5.41) is 17.6. The first-order chi connectivity index (χ1) is 14.7. The second-order valence-corrected chi connectivity index (χ2v) is 7.62. The maximum atomic E-state index is 12.8. The summed E-state index contributed by atoms with van der Waals surface area (Å²) in [4.78, 5) is 11.6. The van der Waals surface area contributed by atoms with Crippen LogP contribution in [0.1, 0.15) is 15.9 Å². The van der Waals surface area contributed by atoms with Gasteiger partial charge < -0.3 is 5.11 Å². The van der Waals surface area contributed by atoms with E-state index < -0.39 is 17.7 Å². The summed E-state index contributed by atoms with van der Waals surface area (Å²) < 4.78 is 40.6. The first kappa shape index (κ1) is 20.8. The lowest BCUT2D eigenvalue weighted by atomic mass is 10.0. The van der Waals surface area contributed by atoms with Crippen LogP contribution in [-0.2, 0) is 6.18 Å². The van der Waals surface area contributed by atoms with Crippen LogP contribution in [0.2, 0.25) is 0 Å². The second kappa shape index (κ2) is 7.99. The Morgan fingerprint density at radius 1 is 0.903 bits per heavy atom. The lowest BCUT2D eigenvalue weighted by Gasteiger charge is -2.08. The largest absolute Gasteiger partial charge is 0.478 e. The van der Waals surface area contributed by atoms with Gasteiger partial charge in [0, 0.05) is 10.0 Å². The maximum absolute atomic E-state index is 12.8. The van der Waals surface area contributed by atoms with Gasteiger partial charge in [0.05, 0.1) is 23.0 Å². The highest BCUT2D eigenvalue weighted by molar-refractivity contribution is 9.10. The fraction of sp³-hybridized carbons (Fsp3) is 0.0455. The summed E-state index contributed by atoms with van der Waals surface area (Å²) in [6.07, 6.45) is -2.88. The van der Waals surface area contributed by atoms with Gasteiger partial charge in [0.15, 0.2) is 0 Å². The van der Waals surface area contributed by atoms with E-state index >= 15 is 0 Å². The molecule has 0 unspecified atom stereocenters. The number of aromatic nitrogens is 3. The van der Waals surface area contributed by atoms with E-state index in [0.29, 0.717) is 22.5 Å². The molecule has 4 aromatic rings. The third kappa shape index (κ3) is 4.51. The number of hydrogen-bond acceptors (Lipinski definition) is 3. The average Bonchev–Trinajstić information content (AvgIpc) is 3.24. The Labute approximate surface area is 182 Å². The molecular formula is C22H13BrF3N3O2. The zero-order valence-electron chi connectivity index (χ0n) is 15.6. The van der Waals surface area contributed by atoms with Crippen molar-refractivity contribution in [3.63, 3.8) is 0 Å². The fourth-order valence-corrected chi connectivity index (χ4v) is 3.29. The van der Waals surface area contributed by atoms with E-state index in [1.54, 1.807) is 12.1 Å². The maximum Gasteiger partial charge on any atom is 0.416 e. The molecule has 1 aromatic heterocycles. The van der Waals surface area contributed by atoms with Crippen LogP contribution in [0.15, 0.2) is 77.4 Å². The van der Waals surface area contributed by atoms with Gasteiger partial charge in [-0.3, -0.25) is 0 Å². The fourth-order valence-electron chi connectivity index (χ4n) is 3.03. The number of rotatable bonds is 4. The number of carbonyl (C=O) groups is 1. The number of hydrogen-bond donors (Lipinski definition) is 1. The minimum atomic E-state index is -4.42. The van der Waals surface area contributed by atoms with Crippen LogP contribution in [0.4, 0.5) is 13.2 Å². The number of carboxylic acid groups (broad SMARTS) is 1. The molecule has 0 aliphatic carbocycles. The van der Waals surface area contributed by atoms with Gasteiger partial charge in [0.2, 0.25) is 0 Å². The monoisotopic (exact) mass is 487 g/mol. The number of alkyl halides is 3. The predicted molar refractivity (Wildman–Crippen MR) is 112 cm³/mol. The van der Waals surface area contributed by atoms with E-state index in [4.69, 9.17) is 0 Å². The second-order valence-electron chi connectivity index (χ2n) is 6.70. The summed E-state index contributed by atoms with van der Waals surface area (Å²) in [6, 6.07) is 16.8. The molecule has 0 aliphatic heterocycles. The number of carboxylic acids is 1. The minimum absolute atomic E-state index is 0.0713. The van der Waals surface area contributed by atoms with Gasteiger partial charge in [-0.15, -0.1) is 5.10 Å². The SMILES string of the molecule is O=C(O)c1cc(-c2ccc(Br)cc2)cc(-n2cc(-c3ccc(C(F)(F)F)cc3)nn2)c1. The lowest BCUT2D eigenvalue weighted by molar-refractivity contribution is -0.137.